The van der Waals surface area contributed by atoms with Crippen molar-refractivity contribution in [3.05, 3.63) is 0 Å². The van der Waals surface area contributed by atoms with Gasteiger partial charge in [-0.15, -0.1) is 0 Å². The second kappa shape index (κ2) is 33.8. The lowest BCUT2D eigenvalue weighted by Gasteiger charge is -1.73. The molecule has 2 unspecified atom stereocenters. The number of nitriles is 1. The maximum absolute atomic E-state index is 7.61. The quantitative estimate of drug-likeness (QED) is 0.137. The first kappa shape index (κ1) is 22.4. The number of hydrogen-bond donors (Lipinski definition) is 4. The van der Waals surface area contributed by atoms with Crippen LogP contribution in [0.1, 0.15) is 6.92 Å². The Bertz CT molecular complexity index is 108. The molecule has 0 aromatic heterocycles. The predicted molar refractivity (Wildman–Crippen MR) is 51.5 cm³/mol. The molecule has 0 amide bonds. The summed E-state index contributed by atoms with van der Waals surface area (Å²) in [4.78, 5) is 0. The van der Waals surface area contributed by atoms with E-state index in [2.05, 4.69) is 11.1 Å². The smallest absolute Gasteiger partial charge is 0.135 e. The van der Waals surface area contributed by atoms with Crippen LogP contribution in [0.5, 0.6) is 0 Å². The van der Waals surface area contributed by atoms with Crippen molar-refractivity contribution < 1.29 is 10.4 Å². The summed E-state index contributed by atoms with van der Waals surface area (Å²) in [6.07, 6.45) is 0. The van der Waals surface area contributed by atoms with E-state index in [9.17, 15) is 0 Å². The van der Waals surface area contributed by atoms with E-state index >= 15 is 0 Å². The number of amidine groups is 1. The van der Waals surface area contributed by atoms with Gasteiger partial charge in [0, 0.05) is 0 Å². The third-order valence-electron chi connectivity index (χ3n) is 0.158. The molecule has 0 heterocycles. The second-order valence-electron chi connectivity index (χ2n) is 0.870. The molecule has 8 heteroatoms. The van der Waals surface area contributed by atoms with Gasteiger partial charge in [-0.05, 0) is 16.2 Å². The molecule has 0 radical (unpaired) electrons. The van der Waals surface area contributed by atoms with Crippen molar-refractivity contribution in [2.75, 3.05) is 0 Å². The highest BCUT2D eigenvalue weighted by Crippen LogP contribution is 1.59. The molecular formula is C3H14N4O2P2. The first-order valence-corrected chi connectivity index (χ1v) is 2.56. The first-order valence-electron chi connectivity index (χ1n) is 1.98. The Morgan fingerprint density at radius 1 is 1.64 bits per heavy atom. The summed E-state index contributed by atoms with van der Waals surface area (Å²) in [7, 11) is 1.88. The summed E-state index contributed by atoms with van der Waals surface area (Å²) >= 11 is 0. The lowest BCUT2D eigenvalue weighted by Crippen LogP contribution is -2.03. The van der Waals surface area contributed by atoms with E-state index < -0.39 is 0 Å². The molecule has 68 valence electrons. The number of oxime groups is 1. The molecule has 11 heavy (non-hydrogen) atoms. The van der Waals surface area contributed by atoms with E-state index in [1.807, 2.05) is 9.24 Å². The normalized spacial score (nSPS) is 6.64. The zero-order chi connectivity index (χ0) is 8.99. The molecule has 0 spiro atoms. The van der Waals surface area contributed by atoms with Crippen LogP contribution in [0.2, 0.25) is 0 Å². The van der Waals surface area contributed by atoms with Crippen LogP contribution in [0.15, 0.2) is 5.16 Å². The Balaban J connectivity index is -0.0000000360. The Kier molecular flexibility index (Phi) is 68.8. The molecule has 0 bridgehead atoms. The van der Waals surface area contributed by atoms with E-state index in [1.54, 1.807) is 5.81 Å². The van der Waals surface area contributed by atoms with Gasteiger partial charge in [0.25, 0.3) is 0 Å². The van der Waals surface area contributed by atoms with Gasteiger partial charge < -0.3 is 16.1 Å². The van der Waals surface area contributed by atoms with Crippen molar-refractivity contribution in [3.8, 4) is 5.81 Å². The molecule has 2 atom stereocenters. The highest BCUT2D eigenvalue weighted by atomic mass is 31.0. The molecule has 0 aromatic rings. The molecule has 0 aliphatic carbocycles. The van der Waals surface area contributed by atoms with Crippen LogP contribution >= 0.6 is 19.1 Å². The van der Waals surface area contributed by atoms with Crippen molar-refractivity contribution in [3.63, 3.8) is 0 Å². The minimum absolute atomic E-state index is 0. The molecule has 0 aliphatic rings. The van der Waals surface area contributed by atoms with Crippen molar-refractivity contribution in [2.45, 2.75) is 6.92 Å². The predicted octanol–water partition coefficient (Wildman–Crippen LogP) is -0.512. The average molecular weight is 200 g/mol. The zero-order valence-corrected chi connectivity index (χ0v) is 8.80. The maximum Gasteiger partial charge on any atom is 0.135 e. The summed E-state index contributed by atoms with van der Waals surface area (Å²) in [6.45, 7) is 1.50. The molecule has 6 N–H and O–H groups in total. The van der Waals surface area contributed by atoms with Gasteiger partial charge in [0.2, 0.25) is 0 Å². The third kappa shape index (κ3) is 229. The van der Waals surface area contributed by atoms with E-state index in [1.165, 1.54) is 6.92 Å². The fourth-order valence-electron chi connectivity index (χ4n) is 0. The topological polar surface area (TPSA) is 129 Å². The van der Waals surface area contributed by atoms with Crippen molar-refractivity contribution in [1.29, 1.82) is 5.26 Å². The molecule has 6 nitrogen and oxygen atoms in total. The monoisotopic (exact) mass is 200 g/mol. The van der Waals surface area contributed by atoms with Crippen molar-refractivity contribution in [1.82, 2.24) is 0 Å². The van der Waals surface area contributed by atoms with Gasteiger partial charge in [-0.1, -0.05) is 5.16 Å². The number of nitrogens with two attached hydrogens (primary N) is 2. The summed E-state index contributed by atoms with van der Waals surface area (Å²) in [5.41, 5.74) is 4.79. The van der Waals surface area contributed by atoms with Gasteiger partial charge in [0.1, 0.15) is 5.84 Å². The number of nitrogens with zero attached hydrogens (tertiary/aromatic N) is 2. The highest BCUT2D eigenvalue weighted by molar-refractivity contribution is 7.23. The van der Waals surface area contributed by atoms with Crippen LogP contribution in [0.25, 0.3) is 0 Å². The van der Waals surface area contributed by atoms with Crippen molar-refractivity contribution in [2.24, 2.45) is 16.8 Å². The fourth-order valence-corrected chi connectivity index (χ4v) is 0. The molecular weight excluding hydrogens is 186 g/mol. The minimum Gasteiger partial charge on any atom is -0.409 e. The van der Waals surface area contributed by atoms with Gasteiger partial charge in [0.05, 0.1) is 5.81 Å². The van der Waals surface area contributed by atoms with Gasteiger partial charge >= 0.3 is 0 Å². The molecule has 0 aliphatic heterocycles. The summed E-state index contributed by atoms with van der Waals surface area (Å²) in [6, 6.07) is 0. The fraction of sp³-hybridized carbons (Fsp3) is 0.333. The lowest BCUT2D eigenvalue weighted by atomic mass is 10.7. The number of hydrogen-bond acceptors (Lipinski definition) is 5. The third-order valence-corrected chi connectivity index (χ3v) is 0.158. The summed E-state index contributed by atoms with van der Waals surface area (Å²) in [5.74, 6) is 5.35. The number of rotatable bonds is 0. The van der Waals surface area contributed by atoms with E-state index in [4.69, 9.17) is 21.4 Å². The Morgan fingerprint density at radius 3 is 1.73 bits per heavy atom. The van der Waals surface area contributed by atoms with Gasteiger partial charge in [-0.2, -0.15) is 15.2 Å². The van der Waals surface area contributed by atoms with Gasteiger partial charge in [0.15, 0.2) is 0 Å². The van der Waals surface area contributed by atoms with Crippen LogP contribution in [0.4, 0.5) is 0 Å². The Labute approximate surface area is 71.0 Å². The first-order chi connectivity index (χ1) is 4.68. The van der Waals surface area contributed by atoms with E-state index in [-0.39, 0.29) is 15.7 Å². The van der Waals surface area contributed by atoms with Crippen LogP contribution in [0, 0.1) is 11.1 Å². The zero-order valence-electron chi connectivity index (χ0n) is 6.23. The molecule has 0 rings (SSSR count). The van der Waals surface area contributed by atoms with Crippen LogP contribution in [-0.4, -0.2) is 16.3 Å². The van der Waals surface area contributed by atoms with Gasteiger partial charge in [-0.3, -0.25) is 0 Å². The SMILES string of the molecule is C/C(N)=N/O.N#CP.NO.P. The van der Waals surface area contributed by atoms with Gasteiger partial charge in [-0.25, -0.2) is 5.90 Å². The van der Waals surface area contributed by atoms with Crippen LogP contribution in [0.3, 0.4) is 0 Å². The largest absolute Gasteiger partial charge is 0.409 e. The lowest BCUT2D eigenvalue weighted by molar-refractivity contribution is 0.311. The maximum atomic E-state index is 7.61. The molecule has 0 saturated carbocycles. The summed E-state index contributed by atoms with van der Waals surface area (Å²) in [5, 5.41) is 24.0. The molecule has 0 saturated heterocycles. The molecule has 0 aromatic carbocycles. The average Bonchev–Trinajstić information content (AvgIpc) is 1.94. The van der Waals surface area contributed by atoms with E-state index in [0.717, 1.165) is 0 Å². The standard InChI is InChI=1S/C2H6N2O.CH2NP.H3NO.H3P/c1-2(3)4-5;2-1-3;1-2;/h5H,1H3,(H2,3,4);3H2;2H,1H2;1H3. The van der Waals surface area contributed by atoms with Crippen LogP contribution < -0.4 is 11.6 Å². The second-order valence-corrected chi connectivity index (χ2v) is 1.13. The van der Waals surface area contributed by atoms with Crippen LogP contribution in [-0.2, 0) is 0 Å². The Morgan fingerprint density at radius 2 is 1.73 bits per heavy atom. The summed E-state index contributed by atoms with van der Waals surface area (Å²) < 4.78 is 0. The van der Waals surface area contributed by atoms with E-state index in [0.29, 0.717) is 0 Å². The minimum atomic E-state index is 0. The Hall–Kier alpha value is -0.460. The highest BCUT2D eigenvalue weighted by Gasteiger charge is 1.64. The van der Waals surface area contributed by atoms with Crippen molar-refractivity contribution >= 4 is 25.0 Å². The molecule has 0 fully saturated rings.